The number of quaternary nitrogens is 1. The van der Waals surface area contributed by atoms with Crippen LogP contribution in [-0.2, 0) is 6.54 Å². The number of aryl methyl sites for hydroxylation is 3. The minimum absolute atomic E-state index is 0.231. The van der Waals surface area contributed by atoms with Crippen LogP contribution in [0.1, 0.15) is 42.1 Å². The van der Waals surface area contributed by atoms with Crippen LogP contribution in [0.3, 0.4) is 0 Å². The van der Waals surface area contributed by atoms with Crippen LogP contribution in [0.5, 0.6) is 0 Å². The van der Waals surface area contributed by atoms with Crippen molar-refractivity contribution < 1.29 is 4.90 Å². The maximum atomic E-state index is 13.0. The predicted molar refractivity (Wildman–Crippen MR) is 91.6 cm³/mol. The summed E-state index contributed by atoms with van der Waals surface area (Å²) >= 11 is 0. The molecular weight excluding hydrogens is 272 g/mol. The zero-order valence-corrected chi connectivity index (χ0v) is 14.2. The molecule has 0 saturated carbocycles. The fraction of sp³-hybridized carbons (Fsp3) is 0.526. The maximum Gasteiger partial charge on any atom is 0.198 e. The average molecular weight is 299 g/mol. The van der Waals surface area contributed by atoms with E-state index in [0.29, 0.717) is 0 Å². The Hall–Kier alpha value is -1.61. The van der Waals surface area contributed by atoms with Crippen molar-refractivity contribution in [2.24, 2.45) is 5.92 Å². The van der Waals surface area contributed by atoms with Gasteiger partial charge < -0.3 is 9.88 Å². The molecule has 1 aromatic carbocycles. The van der Waals surface area contributed by atoms with Crippen molar-refractivity contribution in [1.82, 2.24) is 4.98 Å². The third-order valence-corrected chi connectivity index (χ3v) is 5.05. The van der Waals surface area contributed by atoms with Gasteiger partial charge in [0.15, 0.2) is 5.43 Å². The number of aromatic amines is 1. The van der Waals surface area contributed by atoms with E-state index in [1.54, 1.807) is 4.90 Å². The Kier molecular flexibility index (Phi) is 4.09. The molecule has 2 atom stereocenters. The molecule has 2 N–H and O–H groups in total. The smallest absolute Gasteiger partial charge is 0.198 e. The van der Waals surface area contributed by atoms with E-state index in [1.165, 1.54) is 31.5 Å². The first-order chi connectivity index (χ1) is 10.5. The van der Waals surface area contributed by atoms with Gasteiger partial charge in [0.1, 0.15) is 6.54 Å². The van der Waals surface area contributed by atoms with E-state index < -0.39 is 0 Å². The molecule has 0 amide bonds. The van der Waals surface area contributed by atoms with Crippen molar-refractivity contribution in [3.8, 4) is 0 Å². The van der Waals surface area contributed by atoms with Crippen LogP contribution in [-0.4, -0.2) is 18.1 Å². The summed E-state index contributed by atoms with van der Waals surface area (Å²) in [6.07, 6.45) is 2.61. The quantitative estimate of drug-likeness (QED) is 0.877. The molecule has 0 spiro atoms. The van der Waals surface area contributed by atoms with E-state index in [9.17, 15) is 4.79 Å². The van der Waals surface area contributed by atoms with Gasteiger partial charge in [-0.15, -0.1) is 0 Å². The fourth-order valence-corrected chi connectivity index (χ4v) is 3.99. The van der Waals surface area contributed by atoms with Gasteiger partial charge in [-0.2, -0.15) is 0 Å². The van der Waals surface area contributed by atoms with Gasteiger partial charge in [0.2, 0.25) is 0 Å². The Balaban J connectivity index is 2.04. The molecule has 0 bridgehead atoms. The first-order valence-electron chi connectivity index (χ1n) is 8.42. The summed E-state index contributed by atoms with van der Waals surface area (Å²) in [4.78, 5) is 18.0. The first-order valence-corrected chi connectivity index (χ1v) is 8.42. The number of aromatic nitrogens is 1. The van der Waals surface area contributed by atoms with E-state index in [1.807, 2.05) is 13.8 Å². The summed E-state index contributed by atoms with van der Waals surface area (Å²) < 4.78 is 0. The van der Waals surface area contributed by atoms with Crippen molar-refractivity contribution in [2.45, 2.75) is 47.1 Å². The van der Waals surface area contributed by atoms with Crippen molar-refractivity contribution in [1.29, 1.82) is 0 Å². The number of likely N-dealkylation sites (tertiary alicyclic amines) is 1. The van der Waals surface area contributed by atoms with Gasteiger partial charge in [-0.05, 0) is 50.8 Å². The molecule has 118 valence electrons. The van der Waals surface area contributed by atoms with Gasteiger partial charge in [0, 0.05) is 17.0 Å². The Morgan fingerprint density at radius 2 is 2.05 bits per heavy atom. The number of H-pyrrole nitrogens is 1. The summed E-state index contributed by atoms with van der Waals surface area (Å²) in [5, 5.41) is 0.871. The third-order valence-electron chi connectivity index (χ3n) is 5.05. The number of piperidine rings is 1. The second-order valence-electron chi connectivity index (χ2n) is 7.19. The second-order valence-corrected chi connectivity index (χ2v) is 7.19. The van der Waals surface area contributed by atoms with Gasteiger partial charge >= 0.3 is 0 Å². The lowest BCUT2D eigenvalue weighted by atomic mass is 9.98. The number of rotatable bonds is 2. The van der Waals surface area contributed by atoms with Crippen molar-refractivity contribution in [3.05, 3.63) is 44.7 Å². The number of hydrogen-bond donors (Lipinski definition) is 2. The van der Waals surface area contributed by atoms with E-state index in [2.05, 4.69) is 31.0 Å². The summed E-state index contributed by atoms with van der Waals surface area (Å²) in [7, 11) is 0. The predicted octanol–water partition coefficient (Wildman–Crippen LogP) is 2.27. The van der Waals surface area contributed by atoms with Gasteiger partial charge in [-0.25, -0.2) is 0 Å². The topological polar surface area (TPSA) is 37.3 Å². The largest absolute Gasteiger partial charge is 0.358 e. The monoisotopic (exact) mass is 299 g/mol. The van der Waals surface area contributed by atoms with Crippen molar-refractivity contribution in [2.75, 3.05) is 13.1 Å². The average Bonchev–Trinajstić information content (AvgIpc) is 2.42. The first kappa shape index (κ1) is 15.3. The molecule has 2 heterocycles. The molecule has 2 unspecified atom stereocenters. The number of nitrogens with one attached hydrogen (secondary N) is 2. The Bertz CT molecular complexity index is 760. The molecule has 1 fully saturated rings. The number of pyridine rings is 1. The van der Waals surface area contributed by atoms with Gasteiger partial charge in [0.05, 0.1) is 24.2 Å². The van der Waals surface area contributed by atoms with Crippen LogP contribution in [0.15, 0.2) is 16.9 Å². The van der Waals surface area contributed by atoms with Crippen molar-refractivity contribution >= 4 is 10.9 Å². The molecular formula is C19H27N2O+. The summed E-state index contributed by atoms with van der Waals surface area (Å²) in [6, 6.07) is 4.18. The van der Waals surface area contributed by atoms with Gasteiger partial charge in [-0.3, -0.25) is 4.79 Å². The van der Waals surface area contributed by atoms with E-state index in [0.717, 1.165) is 40.2 Å². The Morgan fingerprint density at radius 1 is 1.27 bits per heavy atom. The zero-order chi connectivity index (χ0) is 15.9. The normalized spacial score (nSPS) is 22.2. The van der Waals surface area contributed by atoms with E-state index >= 15 is 0 Å². The molecule has 1 saturated heterocycles. The Labute approximate surface area is 132 Å². The molecule has 1 aromatic heterocycles. The summed E-state index contributed by atoms with van der Waals surface area (Å²) in [6.45, 7) is 11.7. The van der Waals surface area contributed by atoms with Crippen molar-refractivity contribution in [3.63, 3.8) is 0 Å². The van der Waals surface area contributed by atoms with Gasteiger partial charge in [0.25, 0.3) is 0 Å². The number of benzene rings is 1. The third kappa shape index (κ3) is 2.82. The Morgan fingerprint density at radius 3 is 2.77 bits per heavy atom. The lowest BCUT2D eigenvalue weighted by Crippen LogP contribution is -3.12. The molecule has 1 aliphatic rings. The lowest BCUT2D eigenvalue weighted by Gasteiger charge is -2.28. The lowest BCUT2D eigenvalue weighted by molar-refractivity contribution is -0.922. The fourth-order valence-electron chi connectivity index (χ4n) is 3.99. The molecule has 3 heteroatoms. The van der Waals surface area contributed by atoms with Crippen LogP contribution in [0.4, 0.5) is 0 Å². The molecule has 2 aromatic rings. The molecule has 0 aliphatic carbocycles. The van der Waals surface area contributed by atoms with Crippen LogP contribution in [0.2, 0.25) is 0 Å². The SMILES string of the molecule is Cc1cc(C)c2c(=O)c(C[NH+]3CCCC(C)C3)c(C)[nH]c2c1. The molecule has 1 aliphatic heterocycles. The van der Waals surface area contributed by atoms with E-state index in [4.69, 9.17) is 0 Å². The van der Waals surface area contributed by atoms with Crippen LogP contribution >= 0.6 is 0 Å². The van der Waals surface area contributed by atoms with Crippen LogP contribution in [0.25, 0.3) is 10.9 Å². The highest BCUT2D eigenvalue weighted by Gasteiger charge is 2.22. The highest BCUT2D eigenvalue weighted by molar-refractivity contribution is 5.83. The number of fused-ring (bicyclic) bond motifs is 1. The van der Waals surface area contributed by atoms with Crippen LogP contribution in [0, 0.1) is 26.7 Å². The highest BCUT2D eigenvalue weighted by Crippen LogP contribution is 2.17. The molecule has 3 rings (SSSR count). The maximum absolute atomic E-state index is 13.0. The van der Waals surface area contributed by atoms with Gasteiger partial charge in [-0.1, -0.05) is 13.0 Å². The second kappa shape index (κ2) is 5.88. The minimum atomic E-state index is 0.231. The molecule has 0 radical (unpaired) electrons. The molecule has 3 nitrogen and oxygen atoms in total. The summed E-state index contributed by atoms with van der Waals surface area (Å²) in [5.41, 5.74) is 5.50. The minimum Gasteiger partial charge on any atom is -0.358 e. The summed E-state index contributed by atoms with van der Waals surface area (Å²) in [5.74, 6) is 0.771. The zero-order valence-electron chi connectivity index (χ0n) is 14.2. The molecule has 22 heavy (non-hydrogen) atoms. The standard InChI is InChI=1S/C19H26N2O/c1-12-6-5-7-21(10-12)11-16-15(4)20-17-9-13(2)8-14(3)18(17)19(16)22/h8-9,12H,5-7,10-11H2,1-4H3,(H,20,22)/p+1. The van der Waals surface area contributed by atoms with Crippen LogP contribution < -0.4 is 10.3 Å². The number of hydrogen-bond acceptors (Lipinski definition) is 1. The van der Waals surface area contributed by atoms with E-state index in [-0.39, 0.29) is 5.43 Å². The highest BCUT2D eigenvalue weighted by atomic mass is 16.1.